The van der Waals surface area contributed by atoms with Crippen LogP contribution in [0.4, 0.5) is 0 Å². The number of aromatic amines is 1. The molecule has 0 aliphatic heterocycles. The molecule has 0 saturated heterocycles. The zero-order valence-corrected chi connectivity index (χ0v) is 23.8. The monoisotopic (exact) mass is 564 g/mol. The van der Waals surface area contributed by atoms with Crippen molar-refractivity contribution in [2.24, 2.45) is 0 Å². The fourth-order valence-electron chi connectivity index (χ4n) is 5.23. The molecule has 0 bridgehead atoms. The third-order valence-electron chi connectivity index (χ3n) is 7.40. The van der Waals surface area contributed by atoms with Gasteiger partial charge in [0.15, 0.2) is 0 Å². The van der Waals surface area contributed by atoms with Crippen LogP contribution in [0.3, 0.4) is 0 Å². The minimum absolute atomic E-state index is 0.00584. The summed E-state index contributed by atoms with van der Waals surface area (Å²) in [5.41, 5.74) is 7.45. The van der Waals surface area contributed by atoms with Gasteiger partial charge in [-0.1, -0.05) is 49.7 Å². The Morgan fingerprint density at radius 3 is 2.10 bits per heavy atom. The van der Waals surface area contributed by atoms with Gasteiger partial charge in [-0.05, 0) is 84.7 Å². The number of phenolic OH excluding ortho intramolecular Hbond substituents is 1. The zero-order chi connectivity index (χ0) is 29.0. The van der Waals surface area contributed by atoms with Gasteiger partial charge in [0.25, 0.3) is 10.1 Å². The van der Waals surface area contributed by atoms with Crippen molar-refractivity contribution in [1.82, 2.24) is 10.3 Å². The third kappa shape index (κ3) is 6.79. The second-order valence-corrected chi connectivity index (χ2v) is 11.6. The maximum Gasteiger partial charge on any atom is 0.294 e. The average Bonchev–Trinajstić information content (AvgIpc) is 3.33. The van der Waals surface area contributed by atoms with Crippen molar-refractivity contribution in [3.63, 3.8) is 0 Å². The van der Waals surface area contributed by atoms with Crippen LogP contribution in [0.5, 0.6) is 5.75 Å². The number of aromatic hydroxyl groups is 1. The van der Waals surface area contributed by atoms with Crippen LogP contribution in [0.2, 0.25) is 0 Å². The number of pyridine rings is 1. The number of rotatable bonds is 7. The number of hydrogen-bond acceptors (Lipinski definition) is 6. The molecule has 0 radical (unpaired) electrons. The number of aryl methyl sites for hydroxylation is 3. The molecule has 4 aromatic rings. The van der Waals surface area contributed by atoms with E-state index >= 15 is 0 Å². The average molecular weight is 565 g/mol. The first kappa shape index (κ1) is 29.5. The first-order chi connectivity index (χ1) is 19.0. The Kier molecular flexibility index (Phi) is 9.10. The quantitative estimate of drug-likeness (QED) is 0.210. The van der Waals surface area contributed by atoms with Crippen LogP contribution >= 0.6 is 0 Å². The van der Waals surface area contributed by atoms with E-state index in [1.807, 2.05) is 6.92 Å². The molecule has 0 saturated carbocycles. The van der Waals surface area contributed by atoms with Crippen molar-refractivity contribution in [2.75, 3.05) is 6.54 Å². The zero-order valence-electron chi connectivity index (χ0n) is 22.9. The maximum absolute atomic E-state index is 11.6. The number of fused-ring (bicyclic) bond motifs is 2. The number of nitrogens with one attached hydrogen (secondary N) is 2. The summed E-state index contributed by atoms with van der Waals surface area (Å²) in [5, 5.41) is 25.0. The van der Waals surface area contributed by atoms with Crippen molar-refractivity contribution < 1.29 is 23.2 Å². The fourth-order valence-corrected chi connectivity index (χ4v) is 5.71. The molecule has 1 atom stereocenters. The van der Waals surface area contributed by atoms with Crippen LogP contribution in [0.1, 0.15) is 53.3 Å². The summed E-state index contributed by atoms with van der Waals surface area (Å²) in [6, 6.07) is 17.3. The van der Waals surface area contributed by atoms with Crippen molar-refractivity contribution >= 4 is 21.0 Å². The predicted molar refractivity (Wildman–Crippen MR) is 157 cm³/mol. The van der Waals surface area contributed by atoms with E-state index in [4.69, 9.17) is 4.55 Å². The topological polar surface area (TPSA) is 140 Å². The highest BCUT2D eigenvalue weighted by molar-refractivity contribution is 7.85. The summed E-state index contributed by atoms with van der Waals surface area (Å²) in [4.78, 5) is 14.2. The SMILES string of the molecule is CCc1cc2c(cc1CC)CC(NCC(O)c1ccc(O)c3[nH]c(=O)ccc13)C2.Cc1ccc(S(=O)(=O)O)cc1. The molecule has 212 valence electrons. The van der Waals surface area contributed by atoms with Crippen LogP contribution < -0.4 is 10.9 Å². The van der Waals surface area contributed by atoms with Crippen LogP contribution in [0, 0.1) is 6.92 Å². The number of benzene rings is 3. The second-order valence-electron chi connectivity index (χ2n) is 10.2. The Hall–Kier alpha value is -3.50. The molecule has 0 spiro atoms. The van der Waals surface area contributed by atoms with E-state index in [0.717, 1.165) is 31.2 Å². The number of aliphatic hydroxyl groups excluding tert-OH is 1. The molecular weight excluding hydrogens is 528 g/mol. The Labute approximate surface area is 234 Å². The molecule has 9 heteroatoms. The minimum atomic E-state index is -4.02. The first-order valence-electron chi connectivity index (χ1n) is 13.4. The molecule has 5 N–H and O–H groups in total. The molecule has 8 nitrogen and oxygen atoms in total. The van der Waals surface area contributed by atoms with Crippen LogP contribution in [-0.2, 0) is 35.8 Å². The number of phenols is 1. The highest BCUT2D eigenvalue weighted by Gasteiger charge is 2.24. The Morgan fingerprint density at radius 2 is 1.55 bits per heavy atom. The standard InChI is InChI=1S/C24H28N2O3.C7H8O3S/c1-3-14-9-16-11-18(12-17(16)10-15(14)4-2)25-13-22(28)19-5-7-21(27)24-20(19)6-8-23(29)26-24;1-6-2-4-7(5-3-6)11(8,9)10/h5-10,18,22,25,27-28H,3-4,11-13H2,1-2H3,(H,26,29);2-5H,1H3,(H,8,9,10). The van der Waals surface area contributed by atoms with Gasteiger partial charge >= 0.3 is 0 Å². The van der Waals surface area contributed by atoms with Gasteiger partial charge in [0.1, 0.15) is 5.75 Å². The van der Waals surface area contributed by atoms with Gasteiger partial charge in [0.05, 0.1) is 16.5 Å². The maximum atomic E-state index is 11.6. The predicted octanol–water partition coefficient (Wildman–Crippen LogP) is 4.39. The molecule has 1 unspecified atom stereocenters. The highest BCUT2D eigenvalue weighted by atomic mass is 32.2. The lowest BCUT2D eigenvalue weighted by atomic mass is 9.97. The molecule has 1 heterocycles. The van der Waals surface area contributed by atoms with Gasteiger partial charge in [-0.25, -0.2) is 0 Å². The highest BCUT2D eigenvalue weighted by Crippen LogP contribution is 2.30. The largest absolute Gasteiger partial charge is 0.506 e. The van der Waals surface area contributed by atoms with E-state index in [1.54, 1.807) is 24.3 Å². The summed E-state index contributed by atoms with van der Waals surface area (Å²) >= 11 is 0. The summed E-state index contributed by atoms with van der Waals surface area (Å²) in [7, 11) is -4.02. The summed E-state index contributed by atoms with van der Waals surface area (Å²) < 4.78 is 29.6. The van der Waals surface area contributed by atoms with E-state index in [1.165, 1.54) is 46.5 Å². The number of H-pyrrole nitrogens is 1. The van der Waals surface area contributed by atoms with Gasteiger partial charge in [-0.15, -0.1) is 0 Å². The lowest BCUT2D eigenvalue weighted by molar-refractivity contribution is 0.171. The number of aromatic nitrogens is 1. The van der Waals surface area contributed by atoms with E-state index in [9.17, 15) is 23.4 Å². The van der Waals surface area contributed by atoms with Crippen molar-refractivity contribution in [1.29, 1.82) is 0 Å². The van der Waals surface area contributed by atoms with Crippen LogP contribution in [0.15, 0.2) is 70.4 Å². The van der Waals surface area contributed by atoms with Crippen molar-refractivity contribution in [3.05, 3.63) is 104 Å². The first-order valence-corrected chi connectivity index (χ1v) is 14.9. The smallest absolute Gasteiger partial charge is 0.294 e. The third-order valence-corrected chi connectivity index (χ3v) is 8.27. The molecule has 0 amide bonds. The molecule has 3 aromatic carbocycles. The lowest BCUT2D eigenvalue weighted by Gasteiger charge is -2.18. The molecule has 1 aliphatic rings. The Bertz CT molecular complexity index is 1630. The molecule has 1 aromatic heterocycles. The van der Waals surface area contributed by atoms with Gasteiger partial charge in [0, 0.05) is 24.0 Å². The van der Waals surface area contributed by atoms with Crippen LogP contribution in [0.25, 0.3) is 10.9 Å². The van der Waals surface area contributed by atoms with Gasteiger partial charge < -0.3 is 20.5 Å². The summed E-state index contributed by atoms with van der Waals surface area (Å²) in [5.74, 6) is 0.00584. The van der Waals surface area contributed by atoms with Crippen LogP contribution in [-0.4, -0.2) is 40.8 Å². The van der Waals surface area contributed by atoms with E-state index in [0.29, 0.717) is 29.1 Å². The van der Waals surface area contributed by atoms with E-state index in [2.05, 4.69) is 36.3 Å². The number of aliphatic hydroxyl groups is 1. The second kappa shape index (κ2) is 12.3. The van der Waals surface area contributed by atoms with Crippen molar-refractivity contribution in [3.8, 4) is 5.75 Å². The lowest BCUT2D eigenvalue weighted by Crippen LogP contribution is -2.33. The van der Waals surface area contributed by atoms with E-state index in [-0.39, 0.29) is 16.2 Å². The Balaban J connectivity index is 0.000000283. The number of hydrogen-bond donors (Lipinski definition) is 5. The van der Waals surface area contributed by atoms with Crippen molar-refractivity contribution in [2.45, 2.75) is 63.5 Å². The van der Waals surface area contributed by atoms with E-state index < -0.39 is 16.2 Å². The molecule has 5 rings (SSSR count). The van der Waals surface area contributed by atoms with Gasteiger partial charge in [-0.3, -0.25) is 9.35 Å². The molecule has 40 heavy (non-hydrogen) atoms. The Morgan fingerprint density at radius 1 is 0.950 bits per heavy atom. The normalized spacial score (nSPS) is 14.0. The summed E-state index contributed by atoms with van der Waals surface area (Å²) in [6.07, 6.45) is 3.34. The van der Waals surface area contributed by atoms with Gasteiger partial charge in [0.2, 0.25) is 5.56 Å². The molecule has 1 aliphatic carbocycles. The molecule has 0 fully saturated rings. The molecular formula is C31H36N2O6S. The summed E-state index contributed by atoms with van der Waals surface area (Å²) in [6.45, 7) is 6.67. The fraction of sp³-hybridized carbons (Fsp3) is 0.323. The minimum Gasteiger partial charge on any atom is -0.506 e. The van der Waals surface area contributed by atoms with Gasteiger partial charge in [-0.2, -0.15) is 8.42 Å².